The van der Waals surface area contributed by atoms with Crippen molar-refractivity contribution in [2.45, 2.75) is 31.8 Å². The second kappa shape index (κ2) is 10.8. The van der Waals surface area contributed by atoms with Gasteiger partial charge in [0.25, 0.3) is 5.91 Å². The van der Waals surface area contributed by atoms with Crippen LogP contribution in [0.2, 0.25) is 5.02 Å². The second-order valence-corrected chi connectivity index (χ2v) is 10.4. The minimum absolute atomic E-state index is 0.0600. The zero-order valence-corrected chi connectivity index (χ0v) is 21.8. The van der Waals surface area contributed by atoms with Gasteiger partial charge < -0.3 is 20.5 Å². The van der Waals surface area contributed by atoms with Crippen LogP contribution in [-0.2, 0) is 11.3 Å². The van der Waals surface area contributed by atoms with E-state index in [0.29, 0.717) is 10.6 Å². The van der Waals surface area contributed by atoms with Crippen molar-refractivity contribution in [3.63, 3.8) is 0 Å². The number of amides is 2. The standard InChI is InChI=1S/C30H31ClN4O2/c1-35(2)18-21-6-3-4-7-23(21)19-10-13-22(14-11-19)33-30(37)25-8-5-9-27(25)34-29(36)20-12-15-24-26(31)17-32-28(24)16-20/h3-4,6-7,10-17,25,27,32H,5,8-9,18H2,1-2H3,(H,33,37)(H,34,36)/t25-,27+/m0/s1. The Morgan fingerprint density at radius 2 is 1.81 bits per heavy atom. The molecule has 1 aliphatic rings. The first kappa shape index (κ1) is 25.1. The first-order valence-corrected chi connectivity index (χ1v) is 13.0. The molecule has 2 atom stereocenters. The highest BCUT2D eigenvalue weighted by molar-refractivity contribution is 6.35. The third kappa shape index (κ3) is 5.55. The lowest BCUT2D eigenvalue weighted by molar-refractivity contribution is -0.120. The number of H-pyrrole nitrogens is 1. The van der Waals surface area contributed by atoms with Crippen LogP contribution in [0.3, 0.4) is 0 Å². The number of aromatic nitrogens is 1. The molecule has 3 aromatic carbocycles. The van der Waals surface area contributed by atoms with Crippen molar-refractivity contribution >= 4 is 40.0 Å². The number of anilines is 1. The van der Waals surface area contributed by atoms with Gasteiger partial charge in [-0.05, 0) is 67.9 Å². The molecule has 0 radical (unpaired) electrons. The molecule has 0 unspecified atom stereocenters. The Morgan fingerprint density at radius 3 is 2.59 bits per heavy atom. The summed E-state index contributed by atoms with van der Waals surface area (Å²) >= 11 is 6.15. The number of rotatable bonds is 7. The number of hydrogen-bond donors (Lipinski definition) is 3. The summed E-state index contributed by atoms with van der Waals surface area (Å²) in [6.07, 6.45) is 4.14. The van der Waals surface area contributed by atoms with E-state index in [9.17, 15) is 9.59 Å². The molecule has 190 valence electrons. The van der Waals surface area contributed by atoms with Crippen molar-refractivity contribution in [3.8, 4) is 11.1 Å². The normalized spacial score (nSPS) is 17.3. The average molecular weight is 515 g/mol. The molecule has 1 saturated carbocycles. The van der Waals surface area contributed by atoms with E-state index in [4.69, 9.17) is 11.6 Å². The number of aromatic amines is 1. The first-order valence-electron chi connectivity index (χ1n) is 12.6. The number of halogens is 1. The van der Waals surface area contributed by atoms with Crippen LogP contribution >= 0.6 is 11.6 Å². The lowest BCUT2D eigenvalue weighted by atomic mass is 9.99. The van der Waals surface area contributed by atoms with Gasteiger partial charge in [-0.1, -0.05) is 60.5 Å². The number of carbonyl (C=O) groups excluding carboxylic acids is 2. The van der Waals surface area contributed by atoms with Crippen molar-refractivity contribution in [1.82, 2.24) is 15.2 Å². The van der Waals surface area contributed by atoms with Crippen molar-refractivity contribution in [3.05, 3.63) is 89.1 Å². The molecule has 1 aliphatic carbocycles. The Balaban J connectivity index is 1.24. The molecule has 0 saturated heterocycles. The van der Waals surface area contributed by atoms with Gasteiger partial charge in [-0.2, -0.15) is 0 Å². The van der Waals surface area contributed by atoms with Crippen LogP contribution < -0.4 is 10.6 Å². The van der Waals surface area contributed by atoms with Gasteiger partial charge in [-0.15, -0.1) is 0 Å². The van der Waals surface area contributed by atoms with Crippen LogP contribution in [0.15, 0.2) is 72.9 Å². The number of nitrogens with zero attached hydrogens (tertiary/aromatic N) is 1. The van der Waals surface area contributed by atoms with Gasteiger partial charge >= 0.3 is 0 Å². The molecule has 37 heavy (non-hydrogen) atoms. The van der Waals surface area contributed by atoms with Crippen molar-refractivity contribution in [1.29, 1.82) is 0 Å². The van der Waals surface area contributed by atoms with Crippen LogP contribution in [0.5, 0.6) is 0 Å². The Labute approximate surface area is 222 Å². The van der Waals surface area contributed by atoms with E-state index in [0.717, 1.165) is 48.0 Å². The SMILES string of the molecule is CN(C)Cc1ccccc1-c1ccc(NC(=O)[C@H]2CCC[C@H]2NC(=O)c2ccc3c(Cl)c[nH]c3c2)cc1. The maximum atomic E-state index is 13.2. The predicted octanol–water partition coefficient (Wildman–Crippen LogP) is 6.09. The molecule has 3 N–H and O–H groups in total. The monoisotopic (exact) mass is 514 g/mol. The molecule has 0 aliphatic heterocycles. The zero-order chi connectivity index (χ0) is 25.9. The topological polar surface area (TPSA) is 77.2 Å². The fourth-order valence-corrected chi connectivity index (χ4v) is 5.40. The largest absolute Gasteiger partial charge is 0.360 e. The summed E-state index contributed by atoms with van der Waals surface area (Å²) in [6.45, 7) is 0.857. The fraction of sp³-hybridized carbons (Fsp3) is 0.267. The summed E-state index contributed by atoms with van der Waals surface area (Å²) in [6, 6.07) is 21.5. The fourth-order valence-electron chi connectivity index (χ4n) is 5.18. The Hall–Kier alpha value is -3.61. The summed E-state index contributed by atoms with van der Waals surface area (Å²) in [7, 11) is 4.12. The number of nitrogens with one attached hydrogen (secondary N) is 3. The number of fused-ring (bicyclic) bond motifs is 1. The minimum atomic E-state index is -0.270. The second-order valence-electron chi connectivity index (χ2n) is 9.98. The lowest BCUT2D eigenvalue weighted by Crippen LogP contribution is -2.41. The summed E-state index contributed by atoms with van der Waals surface area (Å²) in [4.78, 5) is 31.3. The predicted molar refractivity (Wildman–Crippen MR) is 150 cm³/mol. The zero-order valence-electron chi connectivity index (χ0n) is 21.1. The van der Waals surface area contributed by atoms with E-state index >= 15 is 0 Å². The van der Waals surface area contributed by atoms with E-state index < -0.39 is 0 Å². The molecule has 1 heterocycles. The molecule has 0 spiro atoms. The molecule has 6 nitrogen and oxygen atoms in total. The lowest BCUT2D eigenvalue weighted by Gasteiger charge is -2.21. The molecular formula is C30H31ClN4O2. The van der Waals surface area contributed by atoms with Gasteiger partial charge in [0, 0.05) is 40.9 Å². The highest BCUT2D eigenvalue weighted by Gasteiger charge is 2.34. The Morgan fingerprint density at radius 1 is 1.03 bits per heavy atom. The molecule has 2 amide bonds. The maximum Gasteiger partial charge on any atom is 0.251 e. The van der Waals surface area contributed by atoms with Crippen molar-refractivity contribution in [2.24, 2.45) is 5.92 Å². The molecule has 5 rings (SSSR count). The van der Waals surface area contributed by atoms with Crippen LogP contribution in [0.1, 0.15) is 35.2 Å². The summed E-state index contributed by atoms with van der Waals surface area (Å²) < 4.78 is 0. The third-order valence-corrected chi connectivity index (χ3v) is 7.34. The van der Waals surface area contributed by atoms with Crippen LogP contribution in [-0.4, -0.2) is 41.8 Å². The molecule has 1 fully saturated rings. The van der Waals surface area contributed by atoms with Gasteiger partial charge in [0.2, 0.25) is 5.91 Å². The quantitative estimate of drug-likeness (QED) is 0.279. The maximum absolute atomic E-state index is 13.2. The van der Waals surface area contributed by atoms with Crippen LogP contribution in [0.25, 0.3) is 22.0 Å². The van der Waals surface area contributed by atoms with Gasteiger partial charge in [0.05, 0.1) is 10.9 Å². The van der Waals surface area contributed by atoms with Gasteiger partial charge in [-0.3, -0.25) is 9.59 Å². The van der Waals surface area contributed by atoms with E-state index in [1.54, 1.807) is 18.3 Å². The molecular weight excluding hydrogens is 484 g/mol. The van der Waals surface area contributed by atoms with Gasteiger partial charge in [0.15, 0.2) is 0 Å². The van der Waals surface area contributed by atoms with E-state index in [2.05, 4.69) is 52.8 Å². The van der Waals surface area contributed by atoms with Crippen molar-refractivity contribution in [2.75, 3.05) is 19.4 Å². The minimum Gasteiger partial charge on any atom is -0.360 e. The summed E-state index contributed by atoms with van der Waals surface area (Å²) in [5.41, 5.74) is 5.67. The van der Waals surface area contributed by atoms with Crippen molar-refractivity contribution < 1.29 is 9.59 Å². The number of hydrogen-bond acceptors (Lipinski definition) is 3. The van der Waals surface area contributed by atoms with Crippen LogP contribution in [0.4, 0.5) is 5.69 Å². The van der Waals surface area contributed by atoms with Crippen LogP contribution in [0, 0.1) is 5.92 Å². The molecule has 4 aromatic rings. The first-order chi connectivity index (χ1) is 17.9. The molecule has 0 bridgehead atoms. The average Bonchev–Trinajstić information content (AvgIpc) is 3.51. The molecule has 1 aromatic heterocycles. The molecule has 7 heteroatoms. The van der Waals surface area contributed by atoms with E-state index in [1.807, 2.05) is 36.4 Å². The smallest absolute Gasteiger partial charge is 0.251 e. The number of benzene rings is 3. The van der Waals surface area contributed by atoms with E-state index in [1.165, 1.54) is 11.1 Å². The van der Waals surface area contributed by atoms with Gasteiger partial charge in [-0.25, -0.2) is 0 Å². The van der Waals surface area contributed by atoms with Gasteiger partial charge in [0.1, 0.15) is 0 Å². The Kier molecular flexibility index (Phi) is 7.31. The highest BCUT2D eigenvalue weighted by Crippen LogP contribution is 2.30. The van der Waals surface area contributed by atoms with E-state index in [-0.39, 0.29) is 23.8 Å². The Bertz CT molecular complexity index is 1430. The number of carbonyl (C=O) groups is 2. The third-order valence-electron chi connectivity index (χ3n) is 7.03. The summed E-state index contributed by atoms with van der Waals surface area (Å²) in [5.74, 6) is -0.513. The highest BCUT2D eigenvalue weighted by atomic mass is 35.5. The summed E-state index contributed by atoms with van der Waals surface area (Å²) in [5, 5.41) is 7.65.